The van der Waals surface area contributed by atoms with Crippen LogP contribution in [-0.4, -0.2) is 18.8 Å². The topological polar surface area (TPSA) is 39.7 Å². The van der Waals surface area contributed by atoms with E-state index in [0.29, 0.717) is 0 Å². The molecule has 0 saturated carbocycles. The quantitative estimate of drug-likeness (QED) is 0.480. The molecule has 0 amide bonds. The molecule has 32 heavy (non-hydrogen) atoms. The molecule has 1 N–H and O–H groups in total. The molecular formula is C27H30FNO3. The van der Waals surface area contributed by atoms with E-state index in [4.69, 9.17) is 14.2 Å². The highest BCUT2D eigenvalue weighted by molar-refractivity contribution is 5.54. The summed E-state index contributed by atoms with van der Waals surface area (Å²) in [5, 5.41) is 3.50. The Hall–Kier alpha value is -2.89. The largest absolute Gasteiger partial charge is 0.485 e. The Morgan fingerprint density at radius 3 is 2.59 bits per heavy atom. The summed E-state index contributed by atoms with van der Waals surface area (Å²) in [5.41, 5.74) is 4.59. The number of methoxy groups -OCH3 is 1. The number of rotatable bonds is 7. The van der Waals surface area contributed by atoms with E-state index in [-0.39, 0.29) is 24.6 Å². The van der Waals surface area contributed by atoms with E-state index in [1.165, 1.54) is 23.3 Å². The van der Waals surface area contributed by atoms with Crippen molar-refractivity contribution in [3.05, 3.63) is 94.8 Å². The SMILES string of the molecule is COC1c2cc(NCc3ccccc3C)ccc2OC(C)(C)C1OCc1cccc(F)c1. The van der Waals surface area contributed by atoms with Crippen LogP contribution in [0.4, 0.5) is 10.1 Å². The summed E-state index contributed by atoms with van der Waals surface area (Å²) in [7, 11) is 1.68. The van der Waals surface area contributed by atoms with Crippen molar-refractivity contribution in [3.63, 3.8) is 0 Å². The highest BCUT2D eigenvalue weighted by Gasteiger charge is 2.45. The van der Waals surface area contributed by atoms with Crippen molar-refractivity contribution in [1.29, 1.82) is 0 Å². The molecule has 0 saturated heterocycles. The van der Waals surface area contributed by atoms with Crippen molar-refractivity contribution in [2.45, 2.75) is 51.7 Å². The van der Waals surface area contributed by atoms with Crippen molar-refractivity contribution in [1.82, 2.24) is 0 Å². The standard InChI is InChI=1S/C27H30FNO3/c1-18-8-5-6-10-20(18)16-29-22-12-13-24-23(15-22)25(30-4)26(27(2,3)32-24)31-17-19-9-7-11-21(28)14-19/h5-15,25-26,29H,16-17H2,1-4H3. The molecule has 0 spiro atoms. The number of hydrogen-bond donors (Lipinski definition) is 1. The molecule has 1 aliphatic rings. The van der Waals surface area contributed by atoms with Crippen molar-refractivity contribution < 1.29 is 18.6 Å². The van der Waals surface area contributed by atoms with Gasteiger partial charge in [-0.25, -0.2) is 4.39 Å². The fourth-order valence-corrected chi connectivity index (χ4v) is 4.20. The fraction of sp³-hybridized carbons (Fsp3) is 0.333. The van der Waals surface area contributed by atoms with Gasteiger partial charge in [0.15, 0.2) is 0 Å². The lowest BCUT2D eigenvalue weighted by Crippen LogP contribution is -2.50. The molecule has 0 fully saturated rings. The second-order valence-electron chi connectivity index (χ2n) is 8.76. The van der Waals surface area contributed by atoms with Gasteiger partial charge >= 0.3 is 0 Å². The first kappa shape index (κ1) is 22.3. The summed E-state index contributed by atoms with van der Waals surface area (Å²) in [6.07, 6.45) is -0.683. The molecule has 2 unspecified atom stereocenters. The van der Waals surface area contributed by atoms with E-state index in [1.807, 2.05) is 44.2 Å². The molecule has 0 aromatic heterocycles. The molecule has 168 valence electrons. The molecule has 1 heterocycles. The molecular weight excluding hydrogens is 405 g/mol. The number of ether oxygens (including phenoxy) is 3. The van der Waals surface area contributed by atoms with Crippen LogP contribution in [0, 0.1) is 12.7 Å². The maximum Gasteiger partial charge on any atom is 0.132 e. The smallest absolute Gasteiger partial charge is 0.132 e. The van der Waals surface area contributed by atoms with Gasteiger partial charge in [-0.15, -0.1) is 0 Å². The summed E-state index contributed by atoms with van der Waals surface area (Å²) >= 11 is 0. The number of anilines is 1. The minimum absolute atomic E-state index is 0.273. The van der Waals surface area contributed by atoms with E-state index in [0.717, 1.165) is 29.1 Å². The summed E-state index contributed by atoms with van der Waals surface area (Å²) in [4.78, 5) is 0. The molecule has 0 bridgehead atoms. The van der Waals surface area contributed by atoms with Crippen LogP contribution in [0.25, 0.3) is 0 Å². The first-order valence-electron chi connectivity index (χ1n) is 10.9. The highest BCUT2D eigenvalue weighted by atomic mass is 19.1. The predicted octanol–water partition coefficient (Wildman–Crippen LogP) is 6.19. The van der Waals surface area contributed by atoms with Gasteiger partial charge in [0, 0.05) is 24.9 Å². The average Bonchev–Trinajstić information content (AvgIpc) is 2.76. The Labute approximate surface area is 189 Å². The maximum atomic E-state index is 13.6. The minimum Gasteiger partial charge on any atom is -0.485 e. The first-order valence-corrected chi connectivity index (χ1v) is 10.9. The number of halogens is 1. The Morgan fingerprint density at radius 1 is 1.03 bits per heavy atom. The third kappa shape index (κ3) is 4.79. The lowest BCUT2D eigenvalue weighted by Gasteiger charge is -2.44. The summed E-state index contributed by atoms with van der Waals surface area (Å²) in [6.45, 7) is 7.09. The Balaban J connectivity index is 1.55. The van der Waals surface area contributed by atoms with E-state index >= 15 is 0 Å². The van der Waals surface area contributed by atoms with Crippen molar-refractivity contribution >= 4 is 5.69 Å². The van der Waals surface area contributed by atoms with Crippen molar-refractivity contribution in [2.24, 2.45) is 0 Å². The Kier molecular flexibility index (Phi) is 6.49. The fourth-order valence-electron chi connectivity index (χ4n) is 4.20. The predicted molar refractivity (Wildman–Crippen MR) is 124 cm³/mol. The molecule has 2 atom stereocenters. The van der Waals surface area contributed by atoms with E-state index < -0.39 is 5.60 Å². The second-order valence-corrected chi connectivity index (χ2v) is 8.76. The van der Waals surface area contributed by atoms with Crippen LogP contribution in [0.1, 0.15) is 42.2 Å². The van der Waals surface area contributed by atoms with Gasteiger partial charge in [0.05, 0.1) is 6.61 Å². The summed E-state index contributed by atoms with van der Waals surface area (Å²) in [5.74, 6) is 0.511. The van der Waals surface area contributed by atoms with Crippen LogP contribution in [0.5, 0.6) is 5.75 Å². The van der Waals surface area contributed by atoms with Crippen LogP contribution in [-0.2, 0) is 22.6 Å². The molecule has 0 radical (unpaired) electrons. The molecule has 3 aromatic rings. The van der Waals surface area contributed by atoms with Gasteiger partial charge < -0.3 is 19.5 Å². The lowest BCUT2D eigenvalue weighted by molar-refractivity contribution is -0.159. The maximum absolute atomic E-state index is 13.6. The number of aryl methyl sites for hydroxylation is 1. The van der Waals surface area contributed by atoms with Gasteiger partial charge in [-0.2, -0.15) is 0 Å². The van der Waals surface area contributed by atoms with E-state index in [2.05, 4.69) is 30.4 Å². The normalized spacial score (nSPS) is 19.2. The molecule has 4 rings (SSSR count). The zero-order chi connectivity index (χ0) is 22.7. The van der Waals surface area contributed by atoms with E-state index in [9.17, 15) is 4.39 Å². The third-order valence-electron chi connectivity index (χ3n) is 5.97. The van der Waals surface area contributed by atoms with Crippen LogP contribution >= 0.6 is 0 Å². The molecule has 1 aliphatic heterocycles. The zero-order valence-corrected chi connectivity index (χ0v) is 19.0. The minimum atomic E-state index is -0.614. The highest BCUT2D eigenvalue weighted by Crippen LogP contribution is 2.44. The van der Waals surface area contributed by atoms with Crippen molar-refractivity contribution in [2.75, 3.05) is 12.4 Å². The van der Waals surface area contributed by atoms with Gasteiger partial charge in [-0.3, -0.25) is 0 Å². The van der Waals surface area contributed by atoms with Crippen LogP contribution in [0.2, 0.25) is 0 Å². The number of hydrogen-bond acceptors (Lipinski definition) is 4. The number of benzene rings is 3. The van der Waals surface area contributed by atoms with Gasteiger partial charge in [-0.05, 0) is 67.8 Å². The first-order chi connectivity index (χ1) is 15.4. The van der Waals surface area contributed by atoms with Crippen LogP contribution in [0.3, 0.4) is 0 Å². The molecule has 3 aromatic carbocycles. The summed E-state index contributed by atoms with van der Waals surface area (Å²) in [6, 6.07) is 20.8. The van der Waals surface area contributed by atoms with Gasteiger partial charge in [-0.1, -0.05) is 36.4 Å². The van der Waals surface area contributed by atoms with Crippen molar-refractivity contribution in [3.8, 4) is 5.75 Å². The Bertz CT molecular complexity index is 1080. The Morgan fingerprint density at radius 2 is 1.84 bits per heavy atom. The number of fused-ring (bicyclic) bond motifs is 1. The van der Waals surface area contributed by atoms with Gasteiger partial charge in [0.25, 0.3) is 0 Å². The summed E-state index contributed by atoms with van der Waals surface area (Å²) < 4.78 is 32.0. The van der Waals surface area contributed by atoms with Gasteiger partial charge in [0.1, 0.15) is 29.4 Å². The third-order valence-corrected chi connectivity index (χ3v) is 5.97. The van der Waals surface area contributed by atoms with Crippen LogP contribution in [0.15, 0.2) is 66.7 Å². The van der Waals surface area contributed by atoms with E-state index in [1.54, 1.807) is 13.2 Å². The van der Waals surface area contributed by atoms with Crippen LogP contribution < -0.4 is 10.1 Å². The second kappa shape index (κ2) is 9.31. The lowest BCUT2D eigenvalue weighted by atomic mass is 9.88. The molecule has 0 aliphatic carbocycles. The monoisotopic (exact) mass is 435 g/mol. The zero-order valence-electron chi connectivity index (χ0n) is 19.0. The average molecular weight is 436 g/mol. The van der Waals surface area contributed by atoms with Gasteiger partial charge in [0.2, 0.25) is 0 Å². The molecule has 4 nitrogen and oxygen atoms in total. The molecule has 5 heteroatoms. The number of nitrogens with one attached hydrogen (secondary N) is 1.